The molecule has 0 bridgehead atoms. The largest absolute Gasteiger partial charge is 0.480 e. The van der Waals surface area contributed by atoms with Gasteiger partial charge in [-0.2, -0.15) is 0 Å². The highest BCUT2D eigenvalue weighted by atomic mass is 35.5. The third kappa shape index (κ3) is 4.34. The fraction of sp³-hybridized carbons (Fsp3) is 0.556. The first-order chi connectivity index (χ1) is 12.5. The number of carbonyl (C=O) groups is 2. The number of aliphatic carboxylic acids is 1. The molecule has 2 aliphatic rings. The van der Waals surface area contributed by atoms with Crippen molar-refractivity contribution in [2.75, 3.05) is 39.3 Å². The normalized spacial score (nSPS) is 21.9. The van der Waals surface area contributed by atoms with Crippen LogP contribution in [0.2, 0.25) is 5.02 Å². The first-order valence-electron chi connectivity index (χ1n) is 8.85. The lowest BCUT2D eigenvalue weighted by Gasteiger charge is -2.36. The predicted molar refractivity (Wildman–Crippen MR) is 95.5 cm³/mol. The third-order valence-corrected chi connectivity index (χ3v) is 5.51. The molecule has 1 atom stereocenters. The number of likely N-dealkylation sites (tertiary alicyclic amines) is 1. The van der Waals surface area contributed by atoms with Gasteiger partial charge in [-0.25, -0.2) is 4.39 Å². The quantitative estimate of drug-likeness (QED) is 0.838. The molecule has 0 radical (unpaired) electrons. The molecular weight excluding hydrogens is 361 g/mol. The van der Waals surface area contributed by atoms with E-state index in [4.69, 9.17) is 11.6 Å². The minimum absolute atomic E-state index is 0.0401. The molecule has 2 saturated heterocycles. The molecule has 26 heavy (non-hydrogen) atoms. The van der Waals surface area contributed by atoms with Crippen LogP contribution < -0.4 is 0 Å². The molecular formula is C18H23ClFN3O3. The predicted octanol–water partition coefficient (Wildman–Crippen LogP) is 1.67. The van der Waals surface area contributed by atoms with Crippen LogP contribution in [0.25, 0.3) is 0 Å². The van der Waals surface area contributed by atoms with Crippen LogP contribution in [0.15, 0.2) is 18.2 Å². The van der Waals surface area contributed by atoms with Gasteiger partial charge in [0.25, 0.3) is 0 Å². The van der Waals surface area contributed by atoms with E-state index in [1.54, 1.807) is 21.9 Å². The summed E-state index contributed by atoms with van der Waals surface area (Å²) in [7, 11) is 0. The van der Waals surface area contributed by atoms with Crippen LogP contribution in [0.3, 0.4) is 0 Å². The molecule has 0 aliphatic carbocycles. The Morgan fingerprint density at radius 2 is 1.92 bits per heavy atom. The number of rotatable bonds is 5. The fourth-order valence-corrected chi connectivity index (χ4v) is 3.85. The number of carboxylic acids is 1. The number of carboxylic acid groups (broad SMARTS) is 1. The molecule has 1 amide bonds. The van der Waals surface area contributed by atoms with E-state index in [0.29, 0.717) is 56.3 Å². The van der Waals surface area contributed by atoms with Gasteiger partial charge in [-0.3, -0.25) is 19.4 Å². The SMILES string of the molecule is O=C(O)C1CCCN1CC(=O)N1CCN(Cc2c(F)cccc2Cl)CC1. The van der Waals surface area contributed by atoms with Gasteiger partial charge in [-0.15, -0.1) is 0 Å². The molecule has 8 heteroatoms. The highest BCUT2D eigenvalue weighted by Gasteiger charge is 2.33. The molecule has 1 aromatic rings. The molecule has 1 N–H and O–H groups in total. The molecule has 1 aromatic carbocycles. The van der Waals surface area contributed by atoms with Crippen LogP contribution in [-0.2, 0) is 16.1 Å². The highest BCUT2D eigenvalue weighted by Crippen LogP contribution is 2.22. The smallest absolute Gasteiger partial charge is 0.320 e. The lowest BCUT2D eigenvalue weighted by Crippen LogP contribution is -2.52. The molecule has 1 unspecified atom stereocenters. The summed E-state index contributed by atoms with van der Waals surface area (Å²) in [6, 6.07) is 4.11. The summed E-state index contributed by atoms with van der Waals surface area (Å²) in [6.45, 7) is 3.59. The first-order valence-corrected chi connectivity index (χ1v) is 9.23. The first kappa shape index (κ1) is 19.1. The van der Waals surface area contributed by atoms with Crippen LogP contribution in [0.1, 0.15) is 18.4 Å². The second kappa shape index (κ2) is 8.33. The Balaban J connectivity index is 1.50. The highest BCUT2D eigenvalue weighted by molar-refractivity contribution is 6.31. The standard InChI is InChI=1S/C18H23ClFN3O3/c19-14-3-1-4-15(20)13(14)11-21-7-9-22(10-8-21)17(24)12-23-6-2-5-16(23)18(25)26/h1,3-4,16H,2,5-12H2,(H,25,26). The van der Waals surface area contributed by atoms with Crippen molar-refractivity contribution in [3.05, 3.63) is 34.6 Å². The number of amides is 1. The molecule has 2 heterocycles. The van der Waals surface area contributed by atoms with Gasteiger partial charge in [0, 0.05) is 43.3 Å². The van der Waals surface area contributed by atoms with Gasteiger partial charge in [0.15, 0.2) is 0 Å². The second-order valence-electron chi connectivity index (χ2n) is 6.82. The summed E-state index contributed by atoms with van der Waals surface area (Å²) < 4.78 is 13.9. The van der Waals surface area contributed by atoms with Crippen molar-refractivity contribution in [1.82, 2.24) is 14.7 Å². The molecule has 0 saturated carbocycles. The molecule has 2 aliphatic heterocycles. The summed E-state index contributed by atoms with van der Waals surface area (Å²) in [5.41, 5.74) is 0.482. The Kier molecular flexibility index (Phi) is 6.11. The van der Waals surface area contributed by atoms with Gasteiger partial charge in [0.1, 0.15) is 11.9 Å². The van der Waals surface area contributed by atoms with Crippen molar-refractivity contribution in [1.29, 1.82) is 0 Å². The zero-order valence-corrected chi connectivity index (χ0v) is 15.3. The van der Waals surface area contributed by atoms with Gasteiger partial charge < -0.3 is 10.0 Å². The molecule has 2 fully saturated rings. The van der Waals surface area contributed by atoms with Crippen LogP contribution in [0.5, 0.6) is 0 Å². The summed E-state index contributed by atoms with van der Waals surface area (Å²) in [4.78, 5) is 29.3. The fourth-order valence-electron chi connectivity index (χ4n) is 3.63. The zero-order valence-electron chi connectivity index (χ0n) is 14.5. The minimum atomic E-state index is -0.859. The van der Waals surface area contributed by atoms with Crippen LogP contribution in [0, 0.1) is 5.82 Å². The van der Waals surface area contributed by atoms with Crippen molar-refractivity contribution in [3.63, 3.8) is 0 Å². The van der Waals surface area contributed by atoms with Crippen LogP contribution >= 0.6 is 11.6 Å². The molecule has 3 rings (SSSR count). The van der Waals surface area contributed by atoms with Gasteiger partial charge in [0.2, 0.25) is 5.91 Å². The number of nitrogens with zero attached hydrogens (tertiary/aromatic N) is 3. The Morgan fingerprint density at radius 1 is 1.19 bits per heavy atom. The second-order valence-corrected chi connectivity index (χ2v) is 7.23. The molecule has 142 valence electrons. The molecule has 0 aromatic heterocycles. The lowest BCUT2D eigenvalue weighted by molar-refractivity contribution is -0.143. The summed E-state index contributed by atoms with van der Waals surface area (Å²) in [5.74, 6) is -1.21. The van der Waals surface area contributed by atoms with E-state index in [2.05, 4.69) is 4.90 Å². The average molecular weight is 384 g/mol. The van der Waals surface area contributed by atoms with E-state index in [1.165, 1.54) is 6.07 Å². The maximum Gasteiger partial charge on any atom is 0.320 e. The third-order valence-electron chi connectivity index (χ3n) is 5.16. The number of hydrogen-bond acceptors (Lipinski definition) is 4. The Morgan fingerprint density at radius 3 is 2.58 bits per heavy atom. The maximum absolute atomic E-state index is 13.9. The van der Waals surface area contributed by atoms with Crippen molar-refractivity contribution >= 4 is 23.5 Å². The lowest BCUT2D eigenvalue weighted by atomic mass is 10.1. The minimum Gasteiger partial charge on any atom is -0.480 e. The van der Waals surface area contributed by atoms with Crippen LogP contribution in [-0.4, -0.2) is 77.0 Å². The van der Waals surface area contributed by atoms with E-state index in [9.17, 15) is 19.1 Å². The van der Waals surface area contributed by atoms with Crippen molar-refractivity contribution < 1.29 is 19.1 Å². The van der Waals surface area contributed by atoms with E-state index >= 15 is 0 Å². The van der Waals surface area contributed by atoms with E-state index in [1.807, 2.05) is 0 Å². The van der Waals surface area contributed by atoms with Crippen molar-refractivity contribution in [3.8, 4) is 0 Å². The Labute approximate surface area is 157 Å². The maximum atomic E-state index is 13.9. The van der Waals surface area contributed by atoms with Crippen LogP contribution in [0.4, 0.5) is 4.39 Å². The van der Waals surface area contributed by atoms with Crippen molar-refractivity contribution in [2.24, 2.45) is 0 Å². The number of piperazine rings is 1. The molecule has 6 nitrogen and oxygen atoms in total. The number of carbonyl (C=O) groups excluding carboxylic acids is 1. The number of halogens is 2. The van der Waals surface area contributed by atoms with Gasteiger partial charge in [0.05, 0.1) is 6.54 Å². The summed E-state index contributed by atoms with van der Waals surface area (Å²) in [6.07, 6.45) is 1.40. The van der Waals surface area contributed by atoms with Gasteiger partial charge >= 0.3 is 5.97 Å². The van der Waals surface area contributed by atoms with Gasteiger partial charge in [-0.05, 0) is 31.5 Å². The number of hydrogen-bond donors (Lipinski definition) is 1. The summed E-state index contributed by atoms with van der Waals surface area (Å²) >= 11 is 6.08. The molecule has 0 spiro atoms. The Hall–Kier alpha value is -1.70. The van der Waals surface area contributed by atoms with E-state index < -0.39 is 12.0 Å². The van der Waals surface area contributed by atoms with Crippen molar-refractivity contribution in [2.45, 2.75) is 25.4 Å². The van der Waals surface area contributed by atoms with E-state index in [-0.39, 0.29) is 18.3 Å². The monoisotopic (exact) mass is 383 g/mol. The summed E-state index contributed by atoms with van der Waals surface area (Å²) in [5, 5.41) is 9.63. The van der Waals surface area contributed by atoms with E-state index in [0.717, 1.165) is 6.42 Å². The zero-order chi connectivity index (χ0) is 18.7. The number of benzene rings is 1. The average Bonchev–Trinajstić information content (AvgIpc) is 3.07. The Bertz CT molecular complexity index is 659. The van der Waals surface area contributed by atoms with Gasteiger partial charge in [-0.1, -0.05) is 17.7 Å². The topological polar surface area (TPSA) is 64.1 Å².